The Morgan fingerprint density at radius 1 is 1.00 bits per heavy atom. The minimum atomic E-state index is -0.417. The van der Waals surface area contributed by atoms with Crippen LogP contribution >= 0.6 is 0 Å². The monoisotopic (exact) mass is 223 g/mol. The normalized spacial score (nSPS) is 9.88. The van der Waals surface area contributed by atoms with Crippen molar-refractivity contribution >= 4 is 12.0 Å². The molecule has 0 unspecified atom stereocenters. The summed E-state index contributed by atoms with van der Waals surface area (Å²) in [6.45, 7) is 3.78. The molecule has 2 heteroatoms. The third-order valence-electron chi connectivity index (χ3n) is 2.66. The van der Waals surface area contributed by atoms with Gasteiger partial charge in [-0.15, -0.1) is 0 Å². The summed E-state index contributed by atoms with van der Waals surface area (Å²) >= 11 is 0. The highest BCUT2D eigenvalue weighted by Crippen LogP contribution is 2.27. The summed E-state index contributed by atoms with van der Waals surface area (Å²) in [5.74, 6) is -0.417. The summed E-state index contributed by atoms with van der Waals surface area (Å²) in [5, 5.41) is 0. The average Bonchev–Trinajstić information content (AvgIpc) is 2.38. The van der Waals surface area contributed by atoms with Crippen molar-refractivity contribution in [2.75, 3.05) is 0 Å². The fraction of sp³-hybridized carbons (Fsp3) is 0. The molecule has 17 heavy (non-hydrogen) atoms. The molecule has 0 fully saturated rings. The van der Waals surface area contributed by atoms with Gasteiger partial charge in [0.2, 0.25) is 5.91 Å². The molecule has 2 aromatic carbocycles. The Hall–Kier alpha value is -2.35. The quantitative estimate of drug-likeness (QED) is 0.853. The summed E-state index contributed by atoms with van der Waals surface area (Å²) < 4.78 is 0. The molecule has 0 aromatic heterocycles. The Morgan fingerprint density at radius 2 is 1.59 bits per heavy atom. The van der Waals surface area contributed by atoms with Gasteiger partial charge in [-0.3, -0.25) is 4.79 Å². The highest BCUT2D eigenvalue weighted by molar-refractivity contribution is 6.00. The maximum Gasteiger partial charge on any atom is 0.249 e. The third kappa shape index (κ3) is 2.11. The van der Waals surface area contributed by atoms with E-state index in [0.29, 0.717) is 5.56 Å². The van der Waals surface area contributed by atoms with Gasteiger partial charge in [0.15, 0.2) is 0 Å². The maximum atomic E-state index is 11.4. The fourth-order valence-electron chi connectivity index (χ4n) is 1.85. The lowest BCUT2D eigenvalue weighted by Crippen LogP contribution is -2.12. The van der Waals surface area contributed by atoms with E-state index in [2.05, 4.69) is 6.58 Å². The van der Waals surface area contributed by atoms with Crippen LogP contribution in [-0.2, 0) is 0 Å². The molecule has 2 N–H and O–H groups in total. The summed E-state index contributed by atoms with van der Waals surface area (Å²) in [4.78, 5) is 11.4. The lowest BCUT2D eigenvalue weighted by molar-refractivity contribution is 0.100. The second-order valence-corrected chi connectivity index (χ2v) is 3.70. The molecular weight excluding hydrogens is 210 g/mol. The molecule has 0 atom stereocenters. The van der Waals surface area contributed by atoms with Crippen molar-refractivity contribution in [2.24, 2.45) is 5.73 Å². The van der Waals surface area contributed by atoms with E-state index in [4.69, 9.17) is 5.73 Å². The van der Waals surface area contributed by atoms with Crippen molar-refractivity contribution in [1.82, 2.24) is 0 Å². The van der Waals surface area contributed by atoms with Gasteiger partial charge in [-0.05, 0) is 22.8 Å². The Morgan fingerprint density at radius 3 is 2.24 bits per heavy atom. The number of rotatable bonds is 3. The number of primary amides is 1. The SMILES string of the molecule is C=Cc1ccccc1-c1ccccc1C(N)=O. The molecule has 0 aliphatic carbocycles. The van der Waals surface area contributed by atoms with E-state index in [1.165, 1.54) is 0 Å². The number of hydrogen-bond donors (Lipinski definition) is 1. The first-order valence-corrected chi connectivity index (χ1v) is 5.34. The van der Waals surface area contributed by atoms with Gasteiger partial charge in [-0.2, -0.15) is 0 Å². The first kappa shape index (κ1) is 11.1. The van der Waals surface area contributed by atoms with Gasteiger partial charge in [-0.1, -0.05) is 55.1 Å². The summed E-state index contributed by atoms with van der Waals surface area (Å²) in [7, 11) is 0. The zero-order valence-corrected chi connectivity index (χ0v) is 9.39. The van der Waals surface area contributed by atoms with Crippen molar-refractivity contribution in [3.63, 3.8) is 0 Å². The standard InChI is InChI=1S/C15H13NO/c1-2-11-7-3-4-8-12(11)13-9-5-6-10-14(13)15(16)17/h2-10H,1H2,(H2,16,17). The maximum absolute atomic E-state index is 11.4. The van der Waals surface area contributed by atoms with Crippen LogP contribution in [0.5, 0.6) is 0 Å². The molecule has 0 spiro atoms. The number of carbonyl (C=O) groups excluding carboxylic acids is 1. The van der Waals surface area contributed by atoms with Crippen molar-refractivity contribution in [3.8, 4) is 11.1 Å². The molecule has 0 aliphatic rings. The van der Waals surface area contributed by atoms with E-state index in [-0.39, 0.29) is 0 Å². The van der Waals surface area contributed by atoms with Crippen LogP contribution in [0.15, 0.2) is 55.1 Å². The molecule has 2 rings (SSSR count). The van der Waals surface area contributed by atoms with Gasteiger partial charge in [0.25, 0.3) is 0 Å². The predicted molar refractivity (Wildman–Crippen MR) is 70.5 cm³/mol. The fourth-order valence-corrected chi connectivity index (χ4v) is 1.85. The van der Waals surface area contributed by atoms with E-state index in [1.54, 1.807) is 18.2 Å². The highest BCUT2D eigenvalue weighted by Gasteiger charge is 2.10. The van der Waals surface area contributed by atoms with Crippen molar-refractivity contribution < 1.29 is 4.79 Å². The number of carbonyl (C=O) groups is 1. The summed E-state index contributed by atoms with van der Waals surface area (Å²) in [6.07, 6.45) is 1.77. The summed E-state index contributed by atoms with van der Waals surface area (Å²) in [5.41, 5.74) is 8.71. The molecule has 2 nitrogen and oxygen atoms in total. The minimum absolute atomic E-state index is 0.417. The Bertz CT molecular complexity index is 573. The minimum Gasteiger partial charge on any atom is -0.366 e. The second kappa shape index (κ2) is 4.66. The van der Waals surface area contributed by atoms with Crippen LogP contribution in [0.4, 0.5) is 0 Å². The molecule has 1 amide bonds. The van der Waals surface area contributed by atoms with Gasteiger partial charge >= 0.3 is 0 Å². The van der Waals surface area contributed by atoms with Crippen LogP contribution in [0, 0.1) is 0 Å². The Balaban J connectivity index is 2.68. The van der Waals surface area contributed by atoms with Gasteiger partial charge in [0.1, 0.15) is 0 Å². The zero-order chi connectivity index (χ0) is 12.3. The topological polar surface area (TPSA) is 43.1 Å². The lowest BCUT2D eigenvalue weighted by Gasteiger charge is -2.09. The van der Waals surface area contributed by atoms with E-state index < -0.39 is 5.91 Å². The smallest absolute Gasteiger partial charge is 0.249 e. The highest BCUT2D eigenvalue weighted by atomic mass is 16.1. The van der Waals surface area contributed by atoms with Gasteiger partial charge in [0, 0.05) is 5.56 Å². The van der Waals surface area contributed by atoms with Crippen molar-refractivity contribution in [3.05, 3.63) is 66.2 Å². The average molecular weight is 223 g/mol. The van der Waals surface area contributed by atoms with Crippen molar-refractivity contribution in [1.29, 1.82) is 0 Å². The molecule has 0 aliphatic heterocycles. The number of benzene rings is 2. The molecule has 0 saturated heterocycles. The van der Waals surface area contributed by atoms with Gasteiger partial charge < -0.3 is 5.73 Å². The molecule has 0 saturated carbocycles. The van der Waals surface area contributed by atoms with Gasteiger partial charge in [0.05, 0.1) is 0 Å². The lowest BCUT2D eigenvalue weighted by atomic mass is 9.95. The molecular formula is C15H13NO. The van der Waals surface area contributed by atoms with Crippen LogP contribution in [0.2, 0.25) is 0 Å². The molecule has 0 heterocycles. The summed E-state index contributed by atoms with van der Waals surface area (Å²) in [6, 6.07) is 15.1. The van der Waals surface area contributed by atoms with Gasteiger partial charge in [-0.25, -0.2) is 0 Å². The number of hydrogen-bond acceptors (Lipinski definition) is 1. The number of nitrogens with two attached hydrogens (primary N) is 1. The van der Waals surface area contributed by atoms with Crippen molar-refractivity contribution in [2.45, 2.75) is 0 Å². The number of amides is 1. The van der Waals surface area contributed by atoms with Crippen LogP contribution in [0.25, 0.3) is 17.2 Å². The molecule has 2 aromatic rings. The first-order chi connectivity index (χ1) is 8.24. The van der Waals surface area contributed by atoms with E-state index in [0.717, 1.165) is 16.7 Å². The molecule has 84 valence electrons. The van der Waals surface area contributed by atoms with E-state index in [9.17, 15) is 4.79 Å². The Labute approximate surface area is 100 Å². The van der Waals surface area contributed by atoms with E-state index >= 15 is 0 Å². The molecule has 0 bridgehead atoms. The van der Waals surface area contributed by atoms with Crippen LogP contribution in [0.1, 0.15) is 15.9 Å². The second-order valence-electron chi connectivity index (χ2n) is 3.70. The van der Waals surface area contributed by atoms with Crippen LogP contribution in [-0.4, -0.2) is 5.91 Å². The predicted octanol–water partition coefficient (Wildman–Crippen LogP) is 3.10. The molecule has 0 radical (unpaired) electrons. The first-order valence-electron chi connectivity index (χ1n) is 5.34. The Kier molecular flexibility index (Phi) is 3.06. The zero-order valence-electron chi connectivity index (χ0n) is 9.39. The largest absolute Gasteiger partial charge is 0.366 e. The van der Waals surface area contributed by atoms with Crippen LogP contribution in [0.3, 0.4) is 0 Å². The van der Waals surface area contributed by atoms with E-state index in [1.807, 2.05) is 36.4 Å². The van der Waals surface area contributed by atoms with Crippen LogP contribution < -0.4 is 5.73 Å². The third-order valence-corrected chi connectivity index (χ3v) is 2.66.